The number of carbonyl (C=O) groups is 2. The molecule has 1 aliphatic heterocycles. The second-order valence-electron chi connectivity index (χ2n) is 9.80. The van der Waals surface area contributed by atoms with E-state index in [1.165, 1.54) is 12.1 Å². The molecular formula is C28H37F2IN4O3. The van der Waals surface area contributed by atoms with E-state index in [9.17, 15) is 23.5 Å². The molecular weight excluding hydrogens is 605 g/mol. The Hall–Kier alpha value is -2.15. The number of aliphatic hydroxyl groups is 1. The summed E-state index contributed by atoms with van der Waals surface area (Å²) in [5, 5.41) is 17.0. The number of nitrogens with zero attached hydrogens (tertiary/aromatic N) is 2. The number of rotatable bonds is 13. The van der Waals surface area contributed by atoms with Crippen molar-refractivity contribution in [2.45, 2.75) is 57.8 Å². The number of hydrogen-bond donors (Lipinski definition) is 3. The van der Waals surface area contributed by atoms with E-state index in [1.807, 2.05) is 47.9 Å². The molecule has 38 heavy (non-hydrogen) atoms. The third kappa shape index (κ3) is 9.25. The molecule has 0 aliphatic carbocycles. The average Bonchev–Trinajstić information content (AvgIpc) is 2.84. The average molecular weight is 643 g/mol. The van der Waals surface area contributed by atoms with Crippen LogP contribution in [0.15, 0.2) is 42.5 Å². The molecule has 3 atom stereocenters. The van der Waals surface area contributed by atoms with Crippen LogP contribution in [0, 0.1) is 15.2 Å². The summed E-state index contributed by atoms with van der Waals surface area (Å²) in [6.45, 7) is 6.19. The van der Waals surface area contributed by atoms with Gasteiger partial charge in [0.1, 0.15) is 11.6 Å². The molecule has 1 heterocycles. The SMILES string of the molecule is CCCN1C(=O)CN(CC(=O)N[C@@H](Cc2cc(F)cc(F)c2)[C@@H](O)CNCc2cccc(I)c2)C[C@@H]1CC. The van der Waals surface area contributed by atoms with Gasteiger partial charge in [-0.1, -0.05) is 26.0 Å². The van der Waals surface area contributed by atoms with Crippen LogP contribution >= 0.6 is 22.6 Å². The molecule has 0 radical (unpaired) electrons. The Morgan fingerprint density at radius 3 is 2.55 bits per heavy atom. The predicted molar refractivity (Wildman–Crippen MR) is 151 cm³/mol. The smallest absolute Gasteiger partial charge is 0.237 e. The topological polar surface area (TPSA) is 84.9 Å². The molecule has 3 N–H and O–H groups in total. The molecule has 0 aromatic heterocycles. The number of halogens is 3. The van der Waals surface area contributed by atoms with Crippen molar-refractivity contribution in [2.24, 2.45) is 0 Å². The third-order valence-corrected chi connectivity index (χ3v) is 7.32. The summed E-state index contributed by atoms with van der Waals surface area (Å²) in [7, 11) is 0. The van der Waals surface area contributed by atoms with Crippen molar-refractivity contribution in [2.75, 3.05) is 32.7 Å². The van der Waals surface area contributed by atoms with Gasteiger partial charge in [-0.05, 0) is 77.2 Å². The molecule has 0 unspecified atom stereocenters. The van der Waals surface area contributed by atoms with Crippen LogP contribution in [0.25, 0.3) is 0 Å². The molecule has 3 rings (SSSR count). The van der Waals surface area contributed by atoms with Gasteiger partial charge in [0.15, 0.2) is 0 Å². The van der Waals surface area contributed by atoms with Gasteiger partial charge in [0.05, 0.1) is 25.2 Å². The maximum atomic E-state index is 13.8. The molecule has 2 amide bonds. The summed E-state index contributed by atoms with van der Waals surface area (Å²) >= 11 is 2.23. The van der Waals surface area contributed by atoms with Gasteiger partial charge in [0.25, 0.3) is 0 Å². The molecule has 0 spiro atoms. The van der Waals surface area contributed by atoms with Crippen LogP contribution in [-0.2, 0) is 22.6 Å². The van der Waals surface area contributed by atoms with Crippen molar-refractivity contribution in [3.8, 4) is 0 Å². The van der Waals surface area contributed by atoms with E-state index in [-0.39, 0.29) is 43.9 Å². The van der Waals surface area contributed by atoms with Crippen molar-refractivity contribution < 1.29 is 23.5 Å². The number of nitrogens with one attached hydrogen (secondary N) is 2. The first kappa shape index (κ1) is 30.4. The van der Waals surface area contributed by atoms with Crippen LogP contribution in [0.5, 0.6) is 0 Å². The number of carbonyl (C=O) groups excluding carboxylic acids is 2. The predicted octanol–water partition coefficient (Wildman–Crippen LogP) is 3.08. The molecule has 1 fully saturated rings. The highest BCUT2D eigenvalue weighted by Gasteiger charge is 2.32. The number of benzene rings is 2. The number of hydrogen-bond acceptors (Lipinski definition) is 5. The molecule has 0 saturated carbocycles. The Bertz CT molecular complexity index is 1070. The maximum Gasteiger partial charge on any atom is 0.237 e. The monoisotopic (exact) mass is 642 g/mol. The van der Waals surface area contributed by atoms with Gasteiger partial charge in [0, 0.05) is 41.9 Å². The highest BCUT2D eigenvalue weighted by Crippen LogP contribution is 2.16. The standard InChI is InChI=1S/C28H37F2IN4O3/c1-3-8-35-24(4-2)16-34(18-28(35)38)17-27(37)33-25(12-20-9-21(29)13-22(30)10-20)26(36)15-32-14-19-6-5-7-23(31)11-19/h5-7,9-11,13,24-26,32,36H,3-4,8,12,14-18H2,1-2H3,(H,33,37)/t24-,25-,26-/m0/s1. The maximum absolute atomic E-state index is 13.8. The highest BCUT2D eigenvalue weighted by atomic mass is 127. The van der Waals surface area contributed by atoms with Crippen LogP contribution in [0.2, 0.25) is 0 Å². The second kappa shape index (κ2) is 14.9. The van der Waals surface area contributed by atoms with Crippen molar-refractivity contribution in [1.82, 2.24) is 20.4 Å². The highest BCUT2D eigenvalue weighted by molar-refractivity contribution is 14.1. The largest absolute Gasteiger partial charge is 0.390 e. The van der Waals surface area contributed by atoms with E-state index in [4.69, 9.17) is 0 Å². The Kier molecular flexibility index (Phi) is 11.9. The minimum Gasteiger partial charge on any atom is -0.390 e. The van der Waals surface area contributed by atoms with E-state index in [1.54, 1.807) is 0 Å². The first-order valence-corrected chi connectivity index (χ1v) is 14.2. The summed E-state index contributed by atoms with van der Waals surface area (Å²) < 4.78 is 28.7. The summed E-state index contributed by atoms with van der Waals surface area (Å²) in [6, 6.07) is 10.4. The number of piperazine rings is 1. The molecule has 0 bridgehead atoms. The summed E-state index contributed by atoms with van der Waals surface area (Å²) in [5.74, 6) is -1.78. The van der Waals surface area contributed by atoms with E-state index in [2.05, 4.69) is 33.2 Å². The molecule has 2 aromatic carbocycles. The fourth-order valence-corrected chi connectivity index (χ4v) is 5.45. The van der Waals surface area contributed by atoms with Gasteiger partial charge in [-0.3, -0.25) is 14.5 Å². The fourth-order valence-electron chi connectivity index (χ4n) is 4.84. The van der Waals surface area contributed by atoms with Gasteiger partial charge in [-0.25, -0.2) is 8.78 Å². The Morgan fingerprint density at radius 2 is 1.89 bits per heavy atom. The van der Waals surface area contributed by atoms with Crippen molar-refractivity contribution in [3.63, 3.8) is 0 Å². The lowest BCUT2D eigenvalue weighted by Crippen LogP contribution is -2.58. The third-order valence-electron chi connectivity index (χ3n) is 6.65. The number of amides is 2. The normalized spacial score (nSPS) is 17.9. The number of aliphatic hydroxyl groups excluding tert-OH is 1. The van der Waals surface area contributed by atoms with Crippen molar-refractivity contribution >= 4 is 34.4 Å². The van der Waals surface area contributed by atoms with Crippen molar-refractivity contribution in [3.05, 3.63) is 68.8 Å². The van der Waals surface area contributed by atoms with E-state index >= 15 is 0 Å². The minimum atomic E-state index is -1.01. The first-order valence-electron chi connectivity index (χ1n) is 13.1. The fraction of sp³-hybridized carbons (Fsp3) is 0.500. The summed E-state index contributed by atoms with van der Waals surface area (Å²) in [5.41, 5.74) is 1.38. The van der Waals surface area contributed by atoms with Gasteiger partial charge in [-0.15, -0.1) is 0 Å². The minimum absolute atomic E-state index is 0.00117. The summed E-state index contributed by atoms with van der Waals surface area (Å²) in [4.78, 5) is 29.4. The molecule has 10 heteroatoms. The van der Waals surface area contributed by atoms with E-state index in [0.717, 1.165) is 28.0 Å². The van der Waals surface area contributed by atoms with Gasteiger partial charge in [-0.2, -0.15) is 0 Å². The van der Waals surface area contributed by atoms with Crippen LogP contribution in [0.4, 0.5) is 8.78 Å². The summed E-state index contributed by atoms with van der Waals surface area (Å²) in [6.07, 6.45) is 0.704. The Labute approximate surface area is 237 Å². The lowest BCUT2D eigenvalue weighted by Gasteiger charge is -2.40. The quantitative estimate of drug-likeness (QED) is 0.293. The van der Waals surface area contributed by atoms with E-state index < -0.39 is 23.8 Å². The molecule has 1 aliphatic rings. The molecule has 7 nitrogen and oxygen atoms in total. The Balaban J connectivity index is 1.65. The van der Waals surface area contributed by atoms with Crippen LogP contribution < -0.4 is 10.6 Å². The zero-order chi connectivity index (χ0) is 27.7. The van der Waals surface area contributed by atoms with Gasteiger partial charge >= 0.3 is 0 Å². The van der Waals surface area contributed by atoms with E-state index in [0.29, 0.717) is 25.2 Å². The zero-order valence-electron chi connectivity index (χ0n) is 21.9. The Morgan fingerprint density at radius 1 is 1.16 bits per heavy atom. The van der Waals surface area contributed by atoms with Gasteiger partial charge in [0.2, 0.25) is 11.8 Å². The lowest BCUT2D eigenvalue weighted by molar-refractivity contribution is -0.141. The van der Waals surface area contributed by atoms with Crippen molar-refractivity contribution in [1.29, 1.82) is 0 Å². The molecule has 2 aromatic rings. The van der Waals surface area contributed by atoms with Gasteiger partial charge < -0.3 is 20.6 Å². The first-order chi connectivity index (χ1) is 18.2. The zero-order valence-corrected chi connectivity index (χ0v) is 24.1. The molecule has 208 valence electrons. The molecule has 1 saturated heterocycles. The van der Waals surface area contributed by atoms with Crippen LogP contribution in [-0.4, -0.2) is 77.6 Å². The van der Waals surface area contributed by atoms with Crippen LogP contribution in [0.3, 0.4) is 0 Å². The second-order valence-corrected chi connectivity index (χ2v) is 11.0. The van der Waals surface area contributed by atoms with Crippen LogP contribution in [0.1, 0.15) is 37.8 Å². The lowest BCUT2D eigenvalue weighted by atomic mass is 10.0.